The van der Waals surface area contributed by atoms with E-state index in [2.05, 4.69) is 16.0 Å². The van der Waals surface area contributed by atoms with Crippen LogP contribution >= 0.6 is 0 Å². The van der Waals surface area contributed by atoms with E-state index in [1.54, 1.807) is 60.4 Å². The second-order valence-electron chi connectivity index (χ2n) is 21.8. The second kappa shape index (κ2) is 30.2. The summed E-state index contributed by atoms with van der Waals surface area (Å²) in [6, 6.07) is 34.9. The van der Waals surface area contributed by atoms with Crippen molar-refractivity contribution in [2.45, 2.75) is 146 Å². The number of nitrogens with one attached hydrogen (secondary N) is 3. The van der Waals surface area contributed by atoms with Crippen LogP contribution in [0.2, 0.25) is 0 Å². The predicted octanol–water partition coefficient (Wildman–Crippen LogP) is 6.44. The molecule has 9 atom stereocenters. The monoisotopic (exact) mass is 1070 g/mol. The Kier molecular flexibility index (Phi) is 23.3. The van der Waals surface area contributed by atoms with Gasteiger partial charge in [0, 0.05) is 54.4 Å². The zero-order chi connectivity index (χ0) is 56.0. The number of ketones is 2. The highest BCUT2D eigenvalue weighted by atomic mass is 16.2. The minimum atomic E-state index is -1.03. The third-order valence-corrected chi connectivity index (χ3v) is 16.0. The Hall–Kier alpha value is -7.04. The topological polar surface area (TPSA) is 280 Å². The van der Waals surface area contributed by atoms with Gasteiger partial charge >= 0.3 is 0 Å². The summed E-state index contributed by atoms with van der Waals surface area (Å²) in [7, 11) is 0. The molecule has 4 aromatic carbocycles. The van der Waals surface area contributed by atoms with Gasteiger partial charge in [0.15, 0.2) is 11.6 Å². The van der Waals surface area contributed by atoms with Gasteiger partial charge in [-0.3, -0.25) is 38.4 Å². The molecule has 2 aliphatic carbocycles. The summed E-state index contributed by atoms with van der Waals surface area (Å²) in [5.41, 5.74) is 24.5. The van der Waals surface area contributed by atoms with Crippen LogP contribution < -0.4 is 38.9 Å². The SMILES string of the molecule is C[C@@](CCCCN)(CC(=O)[C@H](Cc1ccccc1)NC(=O)c1ccccc1)C(=O)N[C@@H]1CCCC[C@H]1C(N)=O.NCCCC[C@H](CC(=O)[C@@H]1[C@@H](c2ccccc2)CN1C(=O)c1ccccc1)C(=O)N[C@@H]1CCCC[C@H]1C(N)=O. The van der Waals surface area contributed by atoms with Gasteiger partial charge in [0.1, 0.15) is 0 Å². The van der Waals surface area contributed by atoms with Crippen molar-refractivity contribution in [2.24, 2.45) is 46.1 Å². The van der Waals surface area contributed by atoms with E-state index in [4.69, 9.17) is 22.9 Å². The molecule has 7 rings (SSSR count). The van der Waals surface area contributed by atoms with Crippen LogP contribution in [-0.4, -0.2) is 95.7 Å². The van der Waals surface area contributed by atoms with Crippen LogP contribution in [-0.2, 0) is 35.2 Å². The van der Waals surface area contributed by atoms with E-state index >= 15 is 0 Å². The lowest BCUT2D eigenvalue weighted by atomic mass is 9.76. The maximum Gasteiger partial charge on any atom is 0.254 e. The maximum absolute atomic E-state index is 13.9. The molecule has 16 nitrogen and oxygen atoms in total. The van der Waals surface area contributed by atoms with E-state index in [0.717, 1.165) is 49.7 Å². The van der Waals surface area contributed by atoms with Crippen molar-refractivity contribution in [2.75, 3.05) is 19.6 Å². The number of benzene rings is 4. The third-order valence-electron chi connectivity index (χ3n) is 16.0. The Labute approximate surface area is 460 Å². The Morgan fingerprint density at radius 1 is 0.628 bits per heavy atom. The van der Waals surface area contributed by atoms with Crippen LogP contribution in [0, 0.1) is 23.2 Å². The molecule has 418 valence electrons. The fourth-order valence-electron chi connectivity index (χ4n) is 11.4. The van der Waals surface area contributed by atoms with E-state index in [1.807, 2.05) is 72.8 Å². The molecule has 0 aromatic heterocycles. The summed E-state index contributed by atoms with van der Waals surface area (Å²) >= 11 is 0. The first-order valence-electron chi connectivity index (χ1n) is 28.1. The normalized spacial score (nSPS) is 21.3. The zero-order valence-corrected chi connectivity index (χ0v) is 45.3. The predicted molar refractivity (Wildman–Crippen MR) is 301 cm³/mol. The van der Waals surface area contributed by atoms with E-state index in [0.29, 0.717) is 88.5 Å². The van der Waals surface area contributed by atoms with Crippen LogP contribution in [0.15, 0.2) is 121 Å². The molecule has 3 aliphatic rings. The average molecular weight is 1070 g/mol. The minimum Gasteiger partial charge on any atom is -0.369 e. The van der Waals surface area contributed by atoms with Crippen LogP contribution in [0.3, 0.4) is 0 Å². The molecule has 1 aliphatic heterocycles. The number of hydrogen-bond acceptors (Lipinski definition) is 10. The van der Waals surface area contributed by atoms with Crippen molar-refractivity contribution in [3.63, 3.8) is 0 Å². The van der Waals surface area contributed by atoms with Gasteiger partial charge < -0.3 is 43.8 Å². The van der Waals surface area contributed by atoms with Crippen LogP contribution in [0.1, 0.15) is 147 Å². The smallest absolute Gasteiger partial charge is 0.254 e. The summed E-state index contributed by atoms with van der Waals surface area (Å²) < 4.78 is 0. The lowest BCUT2D eigenvalue weighted by Gasteiger charge is -2.47. The van der Waals surface area contributed by atoms with Crippen molar-refractivity contribution < 1.29 is 38.4 Å². The fraction of sp³-hybridized carbons (Fsp3) is 0.484. The number of unbranched alkanes of at least 4 members (excludes halogenated alkanes) is 2. The van der Waals surface area contributed by atoms with Gasteiger partial charge in [0.05, 0.1) is 29.3 Å². The number of carbonyl (C=O) groups is 8. The zero-order valence-electron chi connectivity index (χ0n) is 45.3. The van der Waals surface area contributed by atoms with Crippen molar-refractivity contribution in [1.82, 2.24) is 20.9 Å². The molecule has 16 heteroatoms. The maximum atomic E-state index is 13.9. The Bertz CT molecular complexity index is 2600. The molecular formula is C62H82N8O8. The molecule has 4 aromatic rings. The molecular weight excluding hydrogens is 985 g/mol. The van der Waals surface area contributed by atoms with Gasteiger partial charge in [0.2, 0.25) is 23.6 Å². The van der Waals surface area contributed by atoms with Crippen molar-refractivity contribution >= 4 is 47.0 Å². The summed E-state index contributed by atoms with van der Waals surface area (Å²) in [6.45, 7) is 3.23. The standard InChI is InChI=1S/C31H40N4O4.C31H42N4O4/c32-18-10-9-15-23(30(38)34-26-17-8-7-16-24(26)29(33)37)19-27(36)28-25(21-11-3-1-4-12-21)20-35(28)31(39)22-13-5-2-6-14-22;1-31(18-10-11-19-32,30(39)35-25-17-9-8-16-24(25)28(33)37)21-27(36)26(20-22-12-4-2-5-13-22)34-29(38)23-14-6-3-7-15-23/h1-6,11-14,23-26,28H,7-10,15-20,32H2,(H2,33,37)(H,34,38);2-7,12-15,24-26H,8-11,16-21,32H2,1H3,(H2,33,37)(H,34,38)(H,35,39)/t23-,24-,25-,26-,28+;24-,25-,26+,31-/m11/s1. The summed E-state index contributed by atoms with van der Waals surface area (Å²) in [5.74, 6) is -3.67. The Morgan fingerprint density at radius 2 is 1.14 bits per heavy atom. The van der Waals surface area contributed by atoms with Crippen molar-refractivity contribution in [1.29, 1.82) is 0 Å². The highest BCUT2D eigenvalue weighted by Gasteiger charge is 2.48. The second-order valence-corrected chi connectivity index (χ2v) is 21.8. The van der Waals surface area contributed by atoms with Crippen LogP contribution in [0.5, 0.6) is 0 Å². The molecule has 1 heterocycles. The molecule has 3 fully saturated rings. The summed E-state index contributed by atoms with van der Waals surface area (Å²) in [5, 5.41) is 9.04. The van der Waals surface area contributed by atoms with Crippen LogP contribution in [0.4, 0.5) is 0 Å². The molecule has 0 spiro atoms. The molecule has 2 saturated carbocycles. The van der Waals surface area contributed by atoms with Gasteiger partial charge in [-0.05, 0) is 106 Å². The lowest BCUT2D eigenvalue weighted by Crippen LogP contribution is -2.61. The molecule has 0 radical (unpaired) electrons. The van der Waals surface area contributed by atoms with Gasteiger partial charge in [-0.2, -0.15) is 0 Å². The molecule has 0 unspecified atom stereocenters. The first-order chi connectivity index (χ1) is 37.6. The van der Waals surface area contributed by atoms with Gasteiger partial charge in [-0.15, -0.1) is 0 Å². The number of carbonyl (C=O) groups excluding carboxylic acids is 8. The summed E-state index contributed by atoms with van der Waals surface area (Å²) in [6.07, 6.45) is 10.4. The third kappa shape index (κ3) is 17.0. The fourth-order valence-corrected chi connectivity index (χ4v) is 11.4. The number of rotatable bonds is 26. The van der Waals surface area contributed by atoms with Crippen molar-refractivity contribution in [3.05, 3.63) is 144 Å². The summed E-state index contributed by atoms with van der Waals surface area (Å²) in [4.78, 5) is 107. The van der Waals surface area contributed by atoms with E-state index in [1.165, 1.54) is 0 Å². The van der Waals surface area contributed by atoms with E-state index in [9.17, 15) is 38.4 Å². The number of amides is 6. The first-order valence-corrected chi connectivity index (χ1v) is 28.1. The van der Waals surface area contributed by atoms with E-state index < -0.39 is 47.1 Å². The Morgan fingerprint density at radius 3 is 1.71 bits per heavy atom. The molecule has 6 amide bonds. The first kappa shape index (κ1) is 60.2. The molecule has 1 saturated heterocycles. The van der Waals surface area contributed by atoms with Gasteiger partial charge in [-0.25, -0.2) is 0 Å². The number of likely N-dealkylation sites (tertiary alicyclic amines) is 1. The molecule has 78 heavy (non-hydrogen) atoms. The molecule has 11 N–H and O–H groups in total. The van der Waals surface area contributed by atoms with Crippen LogP contribution in [0.25, 0.3) is 0 Å². The number of nitrogens with two attached hydrogens (primary N) is 4. The minimum absolute atomic E-state index is 0.0247. The van der Waals surface area contributed by atoms with Gasteiger partial charge in [-0.1, -0.05) is 143 Å². The Balaban J connectivity index is 0.000000252. The highest BCUT2D eigenvalue weighted by molar-refractivity contribution is 6.01. The number of primary amides is 2. The quantitative estimate of drug-likeness (QED) is 0.0338. The number of nitrogens with zero attached hydrogens (tertiary/aromatic N) is 1. The van der Waals surface area contributed by atoms with Gasteiger partial charge in [0.25, 0.3) is 11.8 Å². The average Bonchev–Trinajstić information content (AvgIpc) is 3.56. The molecule has 0 bridgehead atoms. The highest BCUT2D eigenvalue weighted by Crippen LogP contribution is 2.38. The number of hydrogen-bond donors (Lipinski definition) is 7. The lowest BCUT2D eigenvalue weighted by molar-refractivity contribution is -0.137. The number of Topliss-reactive ketones (excluding diaryl/α,β-unsaturated/α-hetero) is 2. The van der Waals surface area contributed by atoms with Crippen molar-refractivity contribution in [3.8, 4) is 0 Å². The van der Waals surface area contributed by atoms with E-state index in [-0.39, 0.29) is 66.0 Å². The largest absolute Gasteiger partial charge is 0.369 e.